The molecule has 3 N–H and O–H groups in total. The van der Waals surface area contributed by atoms with Crippen molar-refractivity contribution in [3.63, 3.8) is 0 Å². The maximum Gasteiger partial charge on any atom is 0.320 e. The van der Waals surface area contributed by atoms with Gasteiger partial charge in [0.1, 0.15) is 11.8 Å². The molecule has 1 aliphatic carbocycles. The lowest BCUT2D eigenvalue weighted by Crippen LogP contribution is -2.40. The normalized spacial score (nSPS) is 26.8. The average molecular weight is 171 g/mol. The van der Waals surface area contributed by atoms with E-state index in [2.05, 4.69) is 0 Å². The molecule has 0 unspecified atom stereocenters. The van der Waals surface area contributed by atoms with Crippen molar-refractivity contribution in [2.45, 2.75) is 31.7 Å². The van der Waals surface area contributed by atoms with Gasteiger partial charge in [0, 0.05) is 12.8 Å². The van der Waals surface area contributed by atoms with Gasteiger partial charge < -0.3 is 10.8 Å². The fraction of sp³-hybridized carbons (Fsp3) is 0.750. The molecule has 0 spiro atoms. The highest BCUT2D eigenvalue weighted by molar-refractivity contribution is 5.81. The molecule has 12 heavy (non-hydrogen) atoms. The lowest BCUT2D eigenvalue weighted by Gasteiger charge is -2.23. The fourth-order valence-electron chi connectivity index (χ4n) is 1.57. The molecule has 1 saturated carbocycles. The van der Waals surface area contributed by atoms with E-state index in [1.54, 1.807) is 0 Å². The number of carboxylic acids is 1. The zero-order valence-corrected chi connectivity index (χ0v) is 6.82. The number of carbonyl (C=O) groups is 2. The zero-order chi connectivity index (χ0) is 9.14. The Kier molecular flexibility index (Phi) is 2.81. The first-order chi connectivity index (χ1) is 5.61. The number of rotatable bonds is 2. The van der Waals surface area contributed by atoms with Crippen LogP contribution in [0.5, 0.6) is 0 Å². The lowest BCUT2D eigenvalue weighted by atomic mass is 9.83. The summed E-state index contributed by atoms with van der Waals surface area (Å²) in [4.78, 5) is 21.4. The van der Waals surface area contributed by atoms with Crippen molar-refractivity contribution in [2.75, 3.05) is 0 Å². The minimum absolute atomic E-state index is 0.142. The maximum absolute atomic E-state index is 11.0. The number of hydrogen-bond acceptors (Lipinski definition) is 3. The molecule has 0 aromatic rings. The van der Waals surface area contributed by atoms with Crippen LogP contribution in [0, 0.1) is 5.92 Å². The second-order valence-corrected chi connectivity index (χ2v) is 3.26. The van der Waals surface area contributed by atoms with Crippen LogP contribution in [0.15, 0.2) is 0 Å². The lowest BCUT2D eigenvalue weighted by molar-refractivity contribution is -0.140. The molecule has 0 amide bonds. The fourth-order valence-corrected chi connectivity index (χ4v) is 1.57. The molecular weight excluding hydrogens is 158 g/mol. The summed E-state index contributed by atoms with van der Waals surface area (Å²) in [5, 5.41) is 8.58. The Morgan fingerprint density at radius 2 is 2.33 bits per heavy atom. The summed E-state index contributed by atoms with van der Waals surface area (Å²) >= 11 is 0. The van der Waals surface area contributed by atoms with Crippen LogP contribution in [0.4, 0.5) is 0 Å². The van der Waals surface area contributed by atoms with Gasteiger partial charge in [-0.15, -0.1) is 0 Å². The number of carbonyl (C=O) groups excluding carboxylic acids is 1. The van der Waals surface area contributed by atoms with Gasteiger partial charge in [0.25, 0.3) is 0 Å². The van der Waals surface area contributed by atoms with Crippen LogP contribution in [-0.4, -0.2) is 22.9 Å². The van der Waals surface area contributed by atoms with Crippen LogP contribution >= 0.6 is 0 Å². The first-order valence-electron chi connectivity index (χ1n) is 4.11. The van der Waals surface area contributed by atoms with Crippen LogP contribution in [0.3, 0.4) is 0 Å². The van der Waals surface area contributed by atoms with Crippen molar-refractivity contribution in [1.29, 1.82) is 0 Å². The molecule has 0 bridgehead atoms. The molecule has 4 heteroatoms. The summed E-state index contributed by atoms with van der Waals surface area (Å²) in [5.74, 6) is -1.01. The van der Waals surface area contributed by atoms with Gasteiger partial charge in [0.05, 0.1) is 0 Å². The quantitative estimate of drug-likeness (QED) is 0.620. The van der Waals surface area contributed by atoms with Crippen molar-refractivity contribution in [2.24, 2.45) is 11.7 Å². The Labute approximate surface area is 70.7 Å². The maximum atomic E-state index is 11.0. The molecule has 2 atom stereocenters. The molecule has 0 aromatic carbocycles. The highest BCUT2D eigenvalue weighted by Crippen LogP contribution is 2.23. The Morgan fingerprint density at radius 3 is 2.83 bits per heavy atom. The molecule has 1 aliphatic rings. The highest BCUT2D eigenvalue weighted by atomic mass is 16.4. The van der Waals surface area contributed by atoms with Gasteiger partial charge in [-0.2, -0.15) is 0 Å². The predicted octanol–water partition coefficient (Wildman–Crippen LogP) is 0.158. The van der Waals surface area contributed by atoms with E-state index in [9.17, 15) is 9.59 Å². The Hall–Kier alpha value is -0.900. The number of carboxylic acid groups (broad SMARTS) is 1. The van der Waals surface area contributed by atoms with E-state index in [0.717, 1.165) is 12.8 Å². The van der Waals surface area contributed by atoms with E-state index in [1.165, 1.54) is 0 Å². The van der Waals surface area contributed by atoms with Crippen molar-refractivity contribution >= 4 is 11.8 Å². The van der Waals surface area contributed by atoms with Crippen LogP contribution in [-0.2, 0) is 9.59 Å². The van der Waals surface area contributed by atoms with Crippen molar-refractivity contribution < 1.29 is 14.7 Å². The summed E-state index contributed by atoms with van der Waals surface area (Å²) in [7, 11) is 0. The summed E-state index contributed by atoms with van der Waals surface area (Å²) in [6.45, 7) is 0. The molecule has 0 aliphatic heterocycles. The van der Waals surface area contributed by atoms with Crippen LogP contribution in [0.2, 0.25) is 0 Å². The third kappa shape index (κ3) is 2.04. The summed E-state index contributed by atoms with van der Waals surface area (Å²) in [6, 6.07) is -0.866. The third-order valence-corrected chi connectivity index (χ3v) is 2.31. The van der Waals surface area contributed by atoms with E-state index < -0.39 is 12.0 Å². The van der Waals surface area contributed by atoms with Gasteiger partial charge >= 0.3 is 5.97 Å². The number of ketones is 1. The van der Waals surface area contributed by atoms with Gasteiger partial charge in [-0.1, -0.05) is 0 Å². The van der Waals surface area contributed by atoms with Crippen molar-refractivity contribution in [1.82, 2.24) is 0 Å². The SMILES string of the molecule is N[C@@H](C(=O)O)[C@@H]1CCCC(=O)C1. The second-order valence-electron chi connectivity index (χ2n) is 3.26. The number of aliphatic carboxylic acids is 1. The van der Waals surface area contributed by atoms with Crippen LogP contribution < -0.4 is 5.73 Å². The second kappa shape index (κ2) is 3.67. The summed E-state index contributed by atoms with van der Waals surface area (Å²) < 4.78 is 0. The van der Waals surface area contributed by atoms with E-state index in [-0.39, 0.29) is 11.7 Å². The molecule has 1 rings (SSSR count). The molecule has 68 valence electrons. The summed E-state index contributed by atoms with van der Waals surface area (Å²) in [6.07, 6.45) is 2.47. The molecule has 1 fully saturated rings. The van der Waals surface area contributed by atoms with E-state index in [0.29, 0.717) is 12.8 Å². The van der Waals surface area contributed by atoms with Gasteiger partial charge in [0.15, 0.2) is 0 Å². The Bertz CT molecular complexity index is 200. The topological polar surface area (TPSA) is 80.4 Å². The number of Topliss-reactive ketones (excluding diaryl/α,β-unsaturated/α-hetero) is 1. The van der Waals surface area contributed by atoms with Crippen LogP contribution in [0.25, 0.3) is 0 Å². The monoisotopic (exact) mass is 171 g/mol. The highest BCUT2D eigenvalue weighted by Gasteiger charge is 2.28. The van der Waals surface area contributed by atoms with Gasteiger partial charge in [0.2, 0.25) is 0 Å². The standard InChI is InChI=1S/C8H13NO3/c9-7(8(11)12)5-2-1-3-6(10)4-5/h5,7H,1-4,9H2,(H,11,12)/t5-,7-/m1/s1. The van der Waals surface area contributed by atoms with Gasteiger partial charge in [-0.3, -0.25) is 9.59 Å². The molecule has 0 radical (unpaired) electrons. The van der Waals surface area contributed by atoms with E-state index in [1.807, 2.05) is 0 Å². The third-order valence-electron chi connectivity index (χ3n) is 2.31. The van der Waals surface area contributed by atoms with Gasteiger partial charge in [-0.25, -0.2) is 0 Å². The Balaban J connectivity index is 2.51. The van der Waals surface area contributed by atoms with Crippen molar-refractivity contribution in [3.8, 4) is 0 Å². The molecule has 0 aromatic heterocycles. The molecular formula is C8H13NO3. The predicted molar refractivity (Wildman–Crippen MR) is 42.6 cm³/mol. The van der Waals surface area contributed by atoms with Crippen LogP contribution in [0.1, 0.15) is 25.7 Å². The smallest absolute Gasteiger partial charge is 0.320 e. The van der Waals surface area contributed by atoms with Crippen molar-refractivity contribution in [3.05, 3.63) is 0 Å². The number of hydrogen-bond donors (Lipinski definition) is 2. The van der Waals surface area contributed by atoms with E-state index in [4.69, 9.17) is 10.8 Å². The minimum atomic E-state index is -1.00. The number of nitrogens with two attached hydrogens (primary N) is 1. The first kappa shape index (κ1) is 9.19. The largest absolute Gasteiger partial charge is 0.480 e. The molecule has 4 nitrogen and oxygen atoms in total. The zero-order valence-electron chi connectivity index (χ0n) is 6.82. The average Bonchev–Trinajstić information content (AvgIpc) is 2.03. The Morgan fingerprint density at radius 1 is 1.67 bits per heavy atom. The summed E-state index contributed by atoms with van der Waals surface area (Å²) in [5.41, 5.74) is 5.40. The molecule has 0 saturated heterocycles. The molecule has 0 heterocycles. The van der Waals surface area contributed by atoms with Gasteiger partial charge in [-0.05, 0) is 18.8 Å². The first-order valence-corrected chi connectivity index (χ1v) is 4.11. The minimum Gasteiger partial charge on any atom is -0.480 e. The van der Waals surface area contributed by atoms with E-state index >= 15 is 0 Å².